The van der Waals surface area contributed by atoms with E-state index >= 15 is 0 Å². The first kappa shape index (κ1) is 14.3. The van der Waals surface area contributed by atoms with Gasteiger partial charge >= 0.3 is 0 Å². The predicted molar refractivity (Wildman–Crippen MR) is 73.7 cm³/mol. The van der Waals surface area contributed by atoms with Crippen molar-refractivity contribution in [3.05, 3.63) is 23.8 Å². The SMILES string of the molecule is COCCNC(=O)CN(C)c1ccc(C)c(N)c1. The molecule has 1 amide bonds. The maximum Gasteiger partial charge on any atom is 0.239 e. The van der Waals surface area contributed by atoms with Gasteiger partial charge in [-0.3, -0.25) is 4.79 Å². The van der Waals surface area contributed by atoms with E-state index < -0.39 is 0 Å². The van der Waals surface area contributed by atoms with Gasteiger partial charge in [0, 0.05) is 32.1 Å². The highest BCUT2D eigenvalue weighted by Gasteiger charge is 2.07. The zero-order valence-electron chi connectivity index (χ0n) is 11.2. The third-order valence-corrected chi connectivity index (χ3v) is 2.71. The van der Waals surface area contributed by atoms with E-state index in [9.17, 15) is 4.79 Å². The highest BCUT2D eigenvalue weighted by molar-refractivity contribution is 5.81. The number of amides is 1. The van der Waals surface area contributed by atoms with Gasteiger partial charge in [0.15, 0.2) is 0 Å². The number of rotatable bonds is 6. The Hall–Kier alpha value is -1.75. The summed E-state index contributed by atoms with van der Waals surface area (Å²) in [5, 5.41) is 2.77. The van der Waals surface area contributed by atoms with Gasteiger partial charge in [-0.25, -0.2) is 0 Å². The molecule has 0 aliphatic carbocycles. The van der Waals surface area contributed by atoms with Crippen LogP contribution in [0.1, 0.15) is 5.56 Å². The molecule has 1 aromatic carbocycles. The number of carbonyl (C=O) groups excluding carboxylic acids is 1. The fourth-order valence-corrected chi connectivity index (χ4v) is 1.52. The van der Waals surface area contributed by atoms with Crippen LogP contribution in [-0.2, 0) is 9.53 Å². The average Bonchev–Trinajstić information content (AvgIpc) is 2.33. The van der Waals surface area contributed by atoms with Gasteiger partial charge in [-0.2, -0.15) is 0 Å². The van der Waals surface area contributed by atoms with Crippen LogP contribution >= 0.6 is 0 Å². The van der Waals surface area contributed by atoms with Gasteiger partial charge in [0.25, 0.3) is 0 Å². The van der Waals surface area contributed by atoms with Crippen LogP contribution in [0, 0.1) is 6.92 Å². The monoisotopic (exact) mass is 251 g/mol. The van der Waals surface area contributed by atoms with E-state index in [1.54, 1.807) is 7.11 Å². The summed E-state index contributed by atoms with van der Waals surface area (Å²) in [5.74, 6) is -0.0336. The average molecular weight is 251 g/mol. The van der Waals surface area contributed by atoms with Crippen LogP contribution in [-0.4, -0.2) is 39.8 Å². The number of hydrogen-bond acceptors (Lipinski definition) is 4. The number of nitrogens with one attached hydrogen (secondary N) is 1. The van der Waals surface area contributed by atoms with Crippen LogP contribution < -0.4 is 16.0 Å². The second kappa shape index (κ2) is 6.86. The molecule has 1 rings (SSSR count). The third-order valence-electron chi connectivity index (χ3n) is 2.71. The van der Waals surface area contributed by atoms with E-state index in [0.717, 1.165) is 16.9 Å². The minimum absolute atomic E-state index is 0.0336. The molecule has 0 saturated heterocycles. The number of methoxy groups -OCH3 is 1. The number of nitrogens with two attached hydrogens (primary N) is 1. The van der Waals surface area contributed by atoms with E-state index in [1.807, 2.05) is 37.1 Å². The highest BCUT2D eigenvalue weighted by Crippen LogP contribution is 2.19. The lowest BCUT2D eigenvalue weighted by Gasteiger charge is -2.19. The van der Waals surface area contributed by atoms with Crippen molar-refractivity contribution < 1.29 is 9.53 Å². The second-order valence-electron chi connectivity index (χ2n) is 4.24. The molecule has 0 radical (unpaired) electrons. The molecule has 0 heterocycles. The Labute approximate surface area is 108 Å². The first-order chi connectivity index (χ1) is 8.54. The van der Waals surface area contributed by atoms with Crippen LogP contribution in [0.3, 0.4) is 0 Å². The lowest BCUT2D eigenvalue weighted by atomic mass is 10.2. The number of carbonyl (C=O) groups is 1. The number of ether oxygens (including phenoxy) is 1. The first-order valence-electron chi connectivity index (χ1n) is 5.87. The summed E-state index contributed by atoms with van der Waals surface area (Å²) in [6.07, 6.45) is 0. The summed E-state index contributed by atoms with van der Waals surface area (Å²) < 4.78 is 4.87. The molecule has 100 valence electrons. The van der Waals surface area contributed by atoms with Crippen molar-refractivity contribution in [3.8, 4) is 0 Å². The number of aryl methyl sites for hydroxylation is 1. The molecule has 0 aliphatic heterocycles. The molecule has 0 saturated carbocycles. The van der Waals surface area contributed by atoms with Crippen LogP contribution in [0.25, 0.3) is 0 Å². The second-order valence-corrected chi connectivity index (χ2v) is 4.24. The molecule has 1 aromatic rings. The Bertz CT molecular complexity index is 407. The van der Waals surface area contributed by atoms with Crippen molar-refractivity contribution in [2.75, 3.05) is 44.5 Å². The fourth-order valence-electron chi connectivity index (χ4n) is 1.52. The molecule has 0 spiro atoms. The van der Waals surface area contributed by atoms with Crippen LogP contribution in [0.15, 0.2) is 18.2 Å². The Morgan fingerprint density at radius 3 is 2.83 bits per heavy atom. The van der Waals surface area contributed by atoms with Crippen molar-refractivity contribution in [2.45, 2.75) is 6.92 Å². The van der Waals surface area contributed by atoms with Crippen LogP contribution in [0.4, 0.5) is 11.4 Å². The zero-order valence-corrected chi connectivity index (χ0v) is 11.2. The van der Waals surface area contributed by atoms with Gasteiger partial charge in [0.2, 0.25) is 5.91 Å². The summed E-state index contributed by atoms with van der Waals surface area (Å²) in [6, 6.07) is 5.77. The fraction of sp³-hybridized carbons (Fsp3) is 0.462. The molecule has 0 unspecified atom stereocenters. The minimum atomic E-state index is -0.0336. The molecule has 3 N–H and O–H groups in total. The number of benzene rings is 1. The molecule has 0 bridgehead atoms. The van der Waals surface area contributed by atoms with Gasteiger partial charge in [-0.1, -0.05) is 6.07 Å². The van der Waals surface area contributed by atoms with E-state index in [2.05, 4.69) is 5.32 Å². The summed E-state index contributed by atoms with van der Waals surface area (Å²) in [4.78, 5) is 13.5. The van der Waals surface area contributed by atoms with Gasteiger partial charge < -0.3 is 20.7 Å². The summed E-state index contributed by atoms with van der Waals surface area (Å²) in [6.45, 7) is 3.30. The Kier molecular flexibility index (Phi) is 5.45. The van der Waals surface area contributed by atoms with E-state index in [4.69, 9.17) is 10.5 Å². The molecule has 0 fully saturated rings. The topological polar surface area (TPSA) is 67.6 Å². The van der Waals surface area contributed by atoms with E-state index in [0.29, 0.717) is 19.7 Å². The highest BCUT2D eigenvalue weighted by atomic mass is 16.5. The number of nitrogen functional groups attached to an aromatic ring is 1. The molecular weight excluding hydrogens is 230 g/mol. The van der Waals surface area contributed by atoms with Gasteiger partial charge in [-0.15, -0.1) is 0 Å². The van der Waals surface area contributed by atoms with Crippen LogP contribution in [0.2, 0.25) is 0 Å². The quantitative estimate of drug-likeness (QED) is 0.579. The summed E-state index contributed by atoms with van der Waals surface area (Å²) >= 11 is 0. The smallest absolute Gasteiger partial charge is 0.239 e. The molecule has 5 nitrogen and oxygen atoms in total. The lowest BCUT2D eigenvalue weighted by molar-refractivity contribution is -0.119. The van der Waals surface area contributed by atoms with Crippen molar-refractivity contribution in [3.63, 3.8) is 0 Å². The first-order valence-corrected chi connectivity index (χ1v) is 5.87. The Balaban J connectivity index is 2.51. The molecule has 5 heteroatoms. The van der Waals surface area contributed by atoms with Gasteiger partial charge in [0.1, 0.15) is 0 Å². The van der Waals surface area contributed by atoms with Crippen LogP contribution in [0.5, 0.6) is 0 Å². The predicted octanol–water partition coefficient (Wildman–Crippen LogP) is 0.776. The maximum absolute atomic E-state index is 11.6. The molecule has 0 aliphatic rings. The Morgan fingerprint density at radius 2 is 2.22 bits per heavy atom. The minimum Gasteiger partial charge on any atom is -0.398 e. The van der Waals surface area contributed by atoms with Crippen molar-refractivity contribution in [2.24, 2.45) is 0 Å². The summed E-state index contributed by atoms with van der Waals surface area (Å²) in [5.41, 5.74) is 8.55. The molecule has 0 aromatic heterocycles. The maximum atomic E-state index is 11.6. The number of nitrogens with zero attached hydrogens (tertiary/aromatic N) is 1. The lowest BCUT2D eigenvalue weighted by Crippen LogP contribution is -2.36. The van der Waals surface area contributed by atoms with Gasteiger partial charge in [-0.05, 0) is 24.6 Å². The largest absolute Gasteiger partial charge is 0.398 e. The number of anilines is 2. The zero-order chi connectivity index (χ0) is 13.5. The number of likely N-dealkylation sites (N-methyl/N-ethyl adjacent to an activating group) is 1. The van der Waals surface area contributed by atoms with E-state index in [-0.39, 0.29) is 5.91 Å². The van der Waals surface area contributed by atoms with E-state index in [1.165, 1.54) is 0 Å². The standard InChI is InChI=1S/C13H21N3O2/c1-10-4-5-11(8-12(10)14)16(2)9-13(17)15-6-7-18-3/h4-5,8H,6-7,9,14H2,1-3H3,(H,15,17). The molecule has 18 heavy (non-hydrogen) atoms. The third kappa shape index (κ3) is 4.25. The van der Waals surface area contributed by atoms with Crippen molar-refractivity contribution >= 4 is 17.3 Å². The number of hydrogen-bond donors (Lipinski definition) is 2. The van der Waals surface area contributed by atoms with Crippen molar-refractivity contribution in [1.29, 1.82) is 0 Å². The Morgan fingerprint density at radius 1 is 1.50 bits per heavy atom. The normalized spacial score (nSPS) is 10.2. The molecule has 0 atom stereocenters. The van der Waals surface area contributed by atoms with Gasteiger partial charge in [0.05, 0.1) is 13.2 Å². The molecular formula is C13H21N3O2. The van der Waals surface area contributed by atoms with Crippen molar-refractivity contribution in [1.82, 2.24) is 5.32 Å². The summed E-state index contributed by atoms with van der Waals surface area (Å²) in [7, 11) is 3.47.